The third kappa shape index (κ3) is 3.43. The monoisotopic (exact) mass is 222 g/mol. The van der Waals surface area contributed by atoms with E-state index in [-0.39, 0.29) is 0 Å². The lowest BCUT2D eigenvalue weighted by molar-refractivity contribution is 0.0731. The molecule has 88 valence electrons. The molecule has 1 aromatic heterocycles. The maximum Gasteiger partial charge on any atom is 0.115 e. The molecule has 0 bridgehead atoms. The zero-order valence-electron chi connectivity index (χ0n) is 9.52. The summed E-state index contributed by atoms with van der Waals surface area (Å²) in [5.74, 6) is 0. The van der Waals surface area contributed by atoms with Gasteiger partial charge < -0.3 is 15.4 Å². The number of rotatable bonds is 4. The molecule has 1 aliphatic rings. The van der Waals surface area contributed by atoms with Crippen molar-refractivity contribution in [1.82, 2.24) is 15.3 Å². The lowest BCUT2D eigenvalue weighted by Crippen LogP contribution is -2.43. The first-order valence-electron chi connectivity index (χ1n) is 5.67. The maximum atomic E-state index is 5.42. The van der Waals surface area contributed by atoms with Gasteiger partial charge in [0.2, 0.25) is 0 Å². The highest BCUT2D eigenvalue weighted by atomic mass is 16.5. The molecule has 2 N–H and O–H groups in total. The molecule has 0 radical (unpaired) electrons. The summed E-state index contributed by atoms with van der Waals surface area (Å²) >= 11 is 0. The number of nitrogens with zero attached hydrogens (tertiary/aromatic N) is 2. The summed E-state index contributed by atoms with van der Waals surface area (Å²) in [6.07, 6.45) is 6.14. The number of nitrogens with one attached hydrogen (secondary N) is 2. The zero-order valence-corrected chi connectivity index (χ0v) is 9.52. The summed E-state index contributed by atoms with van der Waals surface area (Å²) in [5.41, 5.74) is 0.965. The van der Waals surface area contributed by atoms with E-state index in [4.69, 9.17) is 4.74 Å². The quantitative estimate of drug-likeness (QED) is 0.783. The van der Waals surface area contributed by atoms with Gasteiger partial charge in [0.1, 0.15) is 6.33 Å². The minimum atomic E-state index is 0.380. The highest BCUT2D eigenvalue weighted by Gasteiger charge is 2.15. The Hall–Kier alpha value is -1.20. The highest BCUT2D eigenvalue weighted by molar-refractivity contribution is 5.38. The molecule has 0 aromatic carbocycles. The van der Waals surface area contributed by atoms with Crippen LogP contribution in [0.4, 0.5) is 5.69 Å². The second-order valence-corrected chi connectivity index (χ2v) is 4.13. The number of hydrogen-bond acceptors (Lipinski definition) is 5. The van der Waals surface area contributed by atoms with Crippen molar-refractivity contribution < 1.29 is 4.74 Å². The van der Waals surface area contributed by atoms with Gasteiger partial charge in [-0.25, -0.2) is 9.97 Å². The molecule has 2 atom stereocenters. The van der Waals surface area contributed by atoms with Crippen LogP contribution in [-0.4, -0.2) is 41.8 Å². The Bertz CT molecular complexity index is 300. The Morgan fingerprint density at radius 2 is 2.38 bits per heavy atom. The summed E-state index contributed by atoms with van der Waals surface area (Å²) < 4.78 is 5.42. The van der Waals surface area contributed by atoms with Crippen molar-refractivity contribution in [2.45, 2.75) is 25.4 Å². The van der Waals surface area contributed by atoms with Crippen molar-refractivity contribution in [1.29, 1.82) is 0 Å². The van der Waals surface area contributed by atoms with E-state index in [9.17, 15) is 0 Å². The fourth-order valence-corrected chi connectivity index (χ4v) is 1.91. The number of anilines is 1. The van der Waals surface area contributed by atoms with Crippen LogP contribution in [-0.2, 0) is 4.74 Å². The van der Waals surface area contributed by atoms with Gasteiger partial charge in [0.05, 0.1) is 31.3 Å². The predicted molar refractivity (Wildman–Crippen MR) is 62.3 cm³/mol. The summed E-state index contributed by atoms with van der Waals surface area (Å²) in [6.45, 7) is 4.73. The Morgan fingerprint density at radius 1 is 1.56 bits per heavy atom. The summed E-state index contributed by atoms with van der Waals surface area (Å²) in [4.78, 5) is 7.94. The molecule has 0 amide bonds. The van der Waals surface area contributed by atoms with Gasteiger partial charge in [0.25, 0.3) is 0 Å². The fraction of sp³-hybridized carbons (Fsp3) is 0.636. The SMILES string of the molecule is CC(CC1COCCN1)Nc1cncnc1. The van der Waals surface area contributed by atoms with E-state index >= 15 is 0 Å². The van der Waals surface area contributed by atoms with Gasteiger partial charge in [-0.3, -0.25) is 0 Å². The van der Waals surface area contributed by atoms with Gasteiger partial charge in [-0.05, 0) is 13.3 Å². The third-order valence-corrected chi connectivity index (χ3v) is 2.61. The van der Waals surface area contributed by atoms with Crippen LogP contribution < -0.4 is 10.6 Å². The van der Waals surface area contributed by atoms with Crippen LogP contribution in [0.2, 0.25) is 0 Å². The third-order valence-electron chi connectivity index (χ3n) is 2.61. The van der Waals surface area contributed by atoms with Crippen molar-refractivity contribution in [2.24, 2.45) is 0 Å². The molecule has 0 aliphatic carbocycles. The van der Waals surface area contributed by atoms with Crippen LogP contribution in [0, 0.1) is 0 Å². The van der Waals surface area contributed by atoms with Crippen LogP contribution in [0.1, 0.15) is 13.3 Å². The van der Waals surface area contributed by atoms with Crippen LogP contribution in [0.15, 0.2) is 18.7 Å². The molecule has 1 fully saturated rings. The molecule has 2 rings (SSSR count). The highest BCUT2D eigenvalue weighted by Crippen LogP contribution is 2.08. The minimum Gasteiger partial charge on any atom is -0.380 e. The summed E-state index contributed by atoms with van der Waals surface area (Å²) in [6, 6.07) is 0.825. The van der Waals surface area contributed by atoms with E-state index < -0.39 is 0 Å². The second kappa shape index (κ2) is 5.77. The van der Waals surface area contributed by atoms with E-state index in [1.54, 1.807) is 12.4 Å². The first kappa shape index (κ1) is 11.3. The van der Waals surface area contributed by atoms with Gasteiger partial charge in [-0.1, -0.05) is 0 Å². The molecule has 1 aliphatic heterocycles. The predicted octanol–water partition coefficient (Wildman–Crippen LogP) is 0.655. The van der Waals surface area contributed by atoms with Gasteiger partial charge in [-0.2, -0.15) is 0 Å². The first-order chi connectivity index (χ1) is 7.84. The molecule has 2 heterocycles. The van der Waals surface area contributed by atoms with Gasteiger partial charge in [0, 0.05) is 18.6 Å². The lowest BCUT2D eigenvalue weighted by atomic mass is 10.1. The second-order valence-electron chi connectivity index (χ2n) is 4.13. The molecule has 0 saturated carbocycles. The van der Waals surface area contributed by atoms with Gasteiger partial charge >= 0.3 is 0 Å². The summed E-state index contributed by atoms with van der Waals surface area (Å²) in [5, 5.41) is 6.81. The molecule has 1 saturated heterocycles. The molecule has 1 aromatic rings. The average molecular weight is 222 g/mol. The molecule has 16 heavy (non-hydrogen) atoms. The molecular weight excluding hydrogens is 204 g/mol. The Labute approximate surface area is 95.6 Å². The normalized spacial score (nSPS) is 22.7. The van der Waals surface area contributed by atoms with E-state index in [0.29, 0.717) is 12.1 Å². The molecular formula is C11H18N4O. The van der Waals surface area contributed by atoms with Crippen molar-refractivity contribution >= 4 is 5.69 Å². The van der Waals surface area contributed by atoms with E-state index in [1.807, 2.05) is 0 Å². The number of ether oxygens (including phenoxy) is 1. The van der Waals surface area contributed by atoms with Gasteiger partial charge in [0.15, 0.2) is 0 Å². The number of hydrogen-bond donors (Lipinski definition) is 2. The Kier molecular flexibility index (Phi) is 4.07. The van der Waals surface area contributed by atoms with E-state index in [0.717, 1.165) is 31.9 Å². The van der Waals surface area contributed by atoms with Crippen LogP contribution in [0.5, 0.6) is 0 Å². The summed E-state index contributed by atoms with van der Waals surface area (Å²) in [7, 11) is 0. The first-order valence-corrected chi connectivity index (χ1v) is 5.67. The standard InChI is InChI=1S/C11H18N4O/c1-9(4-10-7-16-3-2-14-10)15-11-5-12-8-13-6-11/h5-6,8-10,14-15H,2-4,7H2,1H3. The van der Waals surface area contributed by atoms with Gasteiger partial charge in [-0.15, -0.1) is 0 Å². The molecule has 5 heteroatoms. The molecule has 2 unspecified atom stereocenters. The zero-order chi connectivity index (χ0) is 11.2. The number of aromatic nitrogens is 2. The lowest BCUT2D eigenvalue weighted by Gasteiger charge is -2.26. The van der Waals surface area contributed by atoms with Crippen molar-refractivity contribution in [2.75, 3.05) is 25.1 Å². The fourth-order valence-electron chi connectivity index (χ4n) is 1.91. The van der Waals surface area contributed by atoms with E-state index in [1.165, 1.54) is 6.33 Å². The number of morpholine rings is 1. The van der Waals surface area contributed by atoms with Crippen LogP contribution >= 0.6 is 0 Å². The van der Waals surface area contributed by atoms with Crippen molar-refractivity contribution in [3.63, 3.8) is 0 Å². The van der Waals surface area contributed by atoms with Crippen molar-refractivity contribution in [3.8, 4) is 0 Å². The minimum absolute atomic E-state index is 0.380. The molecule has 5 nitrogen and oxygen atoms in total. The smallest absolute Gasteiger partial charge is 0.115 e. The maximum absolute atomic E-state index is 5.42. The Balaban J connectivity index is 1.77. The average Bonchev–Trinajstić information content (AvgIpc) is 2.31. The van der Waals surface area contributed by atoms with E-state index in [2.05, 4.69) is 27.5 Å². The molecule has 0 spiro atoms. The Morgan fingerprint density at radius 3 is 3.06 bits per heavy atom. The topological polar surface area (TPSA) is 59.1 Å². The van der Waals surface area contributed by atoms with Crippen LogP contribution in [0.25, 0.3) is 0 Å². The van der Waals surface area contributed by atoms with Crippen molar-refractivity contribution in [3.05, 3.63) is 18.7 Å². The van der Waals surface area contributed by atoms with Crippen LogP contribution in [0.3, 0.4) is 0 Å². The largest absolute Gasteiger partial charge is 0.380 e.